The highest BCUT2D eigenvalue weighted by molar-refractivity contribution is 7.47. The molecule has 0 aromatic carbocycles. The van der Waals surface area contributed by atoms with E-state index in [-0.39, 0.29) is 25.7 Å². The van der Waals surface area contributed by atoms with Gasteiger partial charge in [-0.05, 0) is 49.4 Å². The van der Waals surface area contributed by atoms with Gasteiger partial charge in [-0.15, -0.1) is 0 Å². The van der Waals surface area contributed by atoms with Gasteiger partial charge in [-0.2, -0.15) is 0 Å². The minimum Gasteiger partial charge on any atom is -0.462 e. The molecule has 0 radical (unpaired) electrons. The van der Waals surface area contributed by atoms with Crippen molar-refractivity contribution in [3.05, 3.63) is 0 Å². The first-order chi connectivity index (χ1) is 45.1. The average Bonchev–Trinajstić information content (AvgIpc) is 3.07. The second-order valence-electron chi connectivity index (χ2n) is 28.7. The maximum atomic E-state index is 13.1. The van der Waals surface area contributed by atoms with Gasteiger partial charge in [0.15, 0.2) is 12.2 Å². The minimum atomic E-state index is -4.96. The zero-order chi connectivity index (χ0) is 69.6. The number of hydrogen-bond donors (Lipinski definition) is 3. The number of rotatable bonds is 72. The second kappa shape index (κ2) is 64.4. The molecule has 0 amide bonds. The van der Waals surface area contributed by atoms with E-state index >= 15 is 0 Å². The van der Waals surface area contributed by atoms with E-state index in [1.54, 1.807) is 0 Å². The van der Waals surface area contributed by atoms with E-state index in [0.717, 1.165) is 114 Å². The number of carbonyl (C=O) groups is 4. The Kier molecular flexibility index (Phi) is 63.1. The largest absolute Gasteiger partial charge is 0.472 e. The summed E-state index contributed by atoms with van der Waals surface area (Å²) in [6.07, 6.45) is 48.6. The van der Waals surface area contributed by atoms with Crippen molar-refractivity contribution in [2.45, 2.75) is 395 Å². The summed E-state index contributed by atoms with van der Waals surface area (Å²) < 4.78 is 68.5. The van der Waals surface area contributed by atoms with Crippen molar-refractivity contribution >= 4 is 39.5 Å². The summed E-state index contributed by atoms with van der Waals surface area (Å²) in [4.78, 5) is 72.8. The Morgan fingerprint density at radius 1 is 0.298 bits per heavy atom. The van der Waals surface area contributed by atoms with E-state index in [1.165, 1.54) is 173 Å². The fourth-order valence-electron chi connectivity index (χ4n) is 11.3. The van der Waals surface area contributed by atoms with Crippen LogP contribution in [0.4, 0.5) is 0 Å². The summed E-state index contributed by atoms with van der Waals surface area (Å²) >= 11 is 0. The van der Waals surface area contributed by atoms with E-state index in [1.807, 2.05) is 0 Å². The molecular formula is C75H146O17P2. The van der Waals surface area contributed by atoms with Crippen molar-refractivity contribution in [2.75, 3.05) is 39.6 Å². The van der Waals surface area contributed by atoms with Crippen molar-refractivity contribution in [1.29, 1.82) is 0 Å². The first-order valence-corrected chi connectivity index (χ1v) is 41.7. The smallest absolute Gasteiger partial charge is 0.462 e. The van der Waals surface area contributed by atoms with Gasteiger partial charge in [0, 0.05) is 25.7 Å². The predicted octanol–water partition coefficient (Wildman–Crippen LogP) is 21.7. The van der Waals surface area contributed by atoms with Crippen molar-refractivity contribution in [3.8, 4) is 0 Å². The van der Waals surface area contributed by atoms with Crippen LogP contribution in [-0.4, -0.2) is 96.7 Å². The van der Waals surface area contributed by atoms with Crippen molar-refractivity contribution in [2.24, 2.45) is 23.7 Å². The van der Waals surface area contributed by atoms with Crippen LogP contribution in [-0.2, 0) is 65.4 Å². The first kappa shape index (κ1) is 92.1. The first-order valence-electron chi connectivity index (χ1n) is 38.7. The highest BCUT2D eigenvalue weighted by Crippen LogP contribution is 2.45. The Labute approximate surface area is 575 Å². The maximum absolute atomic E-state index is 13.1. The maximum Gasteiger partial charge on any atom is 0.472 e. The third-order valence-electron chi connectivity index (χ3n) is 17.7. The fraction of sp³-hybridized carbons (Fsp3) is 0.947. The molecule has 558 valence electrons. The highest BCUT2D eigenvalue weighted by atomic mass is 31.2. The highest BCUT2D eigenvalue weighted by Gasteiger charge is 2.30. The van der Waals surface area contributed by atoms with Crippen LogP contribution in [0.25, 0.3) is 0 Å². The van der Waals surface area contributed by atoms with E-state index in [0.29, 0.717) is 31.6 Å². The molecule has 17 nitrogen and oxygen atoms in total. The van der Waals surface area contributed by atoms with Gasteiger partial charge < -0.3 is 33.8 Å². The van der Waals surface area contributed by atoms with Crippen molar-refractivity contribution in [1.82, 2.24) is 0 Å². The number of ether oxygens (including phenoxy) is 4. The van der Waals surface area contributed by atoms with Crippen LogP contribution in [0.3, 0.4) is 0 Å². The van der Waals surface area contributed by atoms with Gasteiger partial charge in [0.05, 0.1) is 26.4 Å². The number of aliphatic hydroxyl groups is 1. The molecule has 19 heteroatoms. The van der Waals surface area contributed by atoms with Gasteiger partial charge >= 0.3 is 39.5 Å². The van der Waals surface area contributed by atoms with E-state index in [4.69, 9.17) is 37.0 Å². The number of phosphoric ester groups is 2. The molecule has 0 aromatic rings. The zero-order valence-electron chi connectivity index (χ0n) is 61.6. The van der Waals surface area contributed by atoms with Gasteiger partial charge in [-0.1, -0.05) is 325 Å². The molecule has 0 heterocycles. The molecule has 0 bridgehead atoms. The minimum absolute atomic E-state index is 0.104. The molecule has 0 aliphatic rings. The van der Waals surface area contributed by atoms with Crippen LogP contribution >= 0.6 is 15.6 Å². The van der Waals surface area contributed by atoms with Crippen LogP contribution in [0.2, 0.25) is 0 Å². The molecule has 6 atom stereocenters. The molecule has 0 spiro atoms. The molecule has 0 saturated heterocycles. The summed E-state index contributed by atoms with van der Waals surface area (Å²) in [5.74, 6) is 0.930. The number of phosphoric acid groups is 2. The molecule has 0 saturated carbocycles. The summed E-state index contributed by atoms with van der Waals surface area (Å²) in [5.41, 5.74) is 0. The normalized spacial score (nSPS) is 14.4. The van der Waals surface area contributed by atoms with Gasteiger partial charge in [0.1, 0.15) is 19.3 Å². The van der Waals surface area contributed by atoms with Gasteiger partial charge in [-0.25, -0.2) is 9.13 Å². The van der Waals surface area contributed by atoms with Crippen LogP contribution in [0, 0.1) is 23.7 Å². The Bertz CT molecular complexity index is 1850. The lowest BCUT2D eigenvalue weighted by Crippen LogP contribution is -2.30. The van der Waals surface area contributed by atoms with Crippen molar-refractivity contribution < 1.29 is 80.2 Å². The van der Waals surface area contributed by atoms with Crippen LogP contribution < -0.4 is 0 Å². The van der Waals surface area contributed by atoms with Gasteiger partial charge in [0.2, 0.25) is 0 Å². The quantitative estimate of drug-likeness (QED) is 0.0222. The standard InChI is InChI=1S/C75H146O17P2/c1-9-68(8)54-46-38-30-22-17-18-23-31-39-47-55-72(77)85-61-70(91-74(79)57-49-41-32-24-16-14-12-10-11-13-15-20-27-35-43-51-65(2)3)63-89-93(81,82)87-59-69(76)60-88-94(83,84)90-64-71(62-86-73(78)56-48-40-34-26-29-37-45-53-67(6)7)92-75(80)58-50-42-33-25-19-21-28-36-44-52-66(4)5/h65-71,76H,9-64H2,1-8H3,(H,81,82)(H,83,84)/t68?,69?,70-,71-/m1/s1. The summed E-state index contributed by atoms with van der Waals surface area (Å²) in [6, 6.07) is 0. The van der Waals surface area contributed by atoms with E-state index < -0.39 is 97.5 Å². The molecule has 0 aliphatic carbocycles. The number of hydrogen-bond acceptors (Lipinski definition) is 15. The summed E-state index contributed by atoms with van der Waals surface area (Å²) in [6.45, 7) is 14.2. The Morgan fingerprint density at radius 2 is 0.511 bits per heavy atom. The summed E-state index contributed by atoms with van der Waals surface area (Å²) in [5, 5.41) is 10.6. The molecule has 0 aromatic heterocycles. The Morgan fingerprint density at radius 3 is 0.755 bits per heavy atom. The number of esters is 4. The van der Waals surface area contributed by atoms with Crippen LogP contribution in [0.1, 0.15) is 376 Å². The van der Waals surface area contributed by atoms with E-state index in [9.17, 15) is 43.2 Å². The summed E-state index contributed by atoms with van der Waals surface area (Å²) in [7, 11) is -9.91. The van der Waals surface area contributed by atoms with Crippen LogP contribution in [0.15, 0.2) is 0 Å². The Hall–Kier alpha value is -1.94. The lowest BCUT2D eigenvalue weighted by atomic mass is 9.99. The number of carbonyl (C=O) groups excluding carboxylic acids is 4. The SMILES string of the molecule is CCC(C)CCCCCCCCCCCCC(=O)OC[C@H](COP(=O)(O)OCC(O)COP(=O)(O)OC[C@@H](COC(=O)CCCCCCCCCC(C)C)OC(=O)CCCCCCCCCCCC(C)C)OC(=O)CCCCCCCCCCCCCCCCCC(C)C. The van der Waals surface area contributed by atoms with Gasteiger partial charge in [-0.3, -0.25) is 37.3 Å². The third-order valence-corrected chi connectivity index (χ3v) is 19.6. The molecular weight excluding hydrogens is 1230 g/mol. The molecule has 0 fully saturated rings. The van der Waals surface area contributed by atoms with Gasteiger partial charge in [0.25, 0.3) is 0 Å². The lowest BCUT2D eigenvalue weighted by molar-refractivity contribution is -0.161. The Balaban J connectivity index is 5.25. The predicted molar refractivity (Wildman–Crippen MR) is 381 cm³/mol. The van der Waals surface area contributed by atoms with Crippen molar-refractivity contribution in [3.63, 3.8) is 0 Å². The average molecular weight is 1380 g/mol. The van der Waals surface area contributed by atoms with Crippen LogP contribution in [0.5, 0.6) is 0 Å². The molecule has 0 rings (SSSR count). The molecule has 0 aliphatic heterocycles. The molecule has 4 unspecified atom stereocenters. The molecule has 94 heavy (non-hydrogen) atoms. The topological polar surface area (TPSA) is 237 Å². The third kappa shape index (κ3) is 67.3. The second-order valence-corrected chi connectivity index (χ2v) is 31.6. The fourth-order valence-corrected chi connectivity index (χ4v) is 12.9. The lowest BCUT2D eigenvalue weighted by Gasteiger charge is -2.21. The number of aliphatic hydroxyl groups excluding tert-OH is 1. The molecule has 3 N–H and O–H groups in total. The zero-order valence-corrected chi connectivity index (χ0v) is 63.4. The van der Waals surface area contributed by atoms with E-state index in [2.05, 4.69) is 55.4 Å². The number of unbranched alkanes of at least 4 members (excludes halogenated alkanes) is 37. The monoisotopic (exact) mass is 1380 g/mol.